The molecule has 2 heterocycles. The average molecular weight is 285 g/mol. The number of hydrogen-bond donors (Lipinski definition) is 1. The van der Waals surface area contributed by atoms with Gasteiger partial charge in [-0.25, -0.2) is 0 Å². The van der Waals surface area contributed by atoms with Gasteiger partial charge in [0.25, 0.3) is 5.91 Å². The summed E-state index contributed by atoms with van der Waals surface area (Å²) >= 11 is 7.16. The van der Waals surface area contributed by atoms with Gasteiger partial charge in [0, 0.05) is 19.1 Å². The maximum atomic E-state index is 11.9. The van der Waals surface area contributed by atoms with Gasteiger partial charge in [-0.2, -0.15) is 0 Å². The number of hydrogen-bond acceptors (Lipinski definition) is 3. The van der Waals surface area contributed by atoms with E-state index in [0.29, 0.717) is 15.1 Å². The summed E-state index contributed by atoms with van der Waals surface area (Å²) in [5.74, 6) is 0.627. The number of thiophene rings is 1. The van der Waals surface area contributed by atoms with Crippen molar-refractivity contribution in [2.75, 3.05) is 19.6 Å². The smallest absolute Gasteiger partial charge is 0.261 e. The second-order valence-corrected chi connectivity index (χ2v) is 6.91. The summed E-state index contributed by atoms with van der Waals surface area (Å²) in [6.45, 7) is 3.14. The molecule has 1 aromatic rings. The van der Waals surface area contributed by atoms with Crippen LogP contribution in [0.25, 0.3) is 0 Å². The standard InChI is InChI=1S/C13H17ClN2OS/c14-12-4-3-11(18-12)13(17)15-7-9-5-6-16(8-9)10-1-2-10/h3-4,9-10H,1-2,5-8H2,(H,15,17)/t9-/m0/s1. The molecule has 0 unspecified atom stereocenters. The number of nitrogens with zero attached hydrogens (tertiary/aromatic N) is 1. The maximum absolute atomic E-state index is 11.9. The Bertz CT molecular complexity index is 444. The van der Waals surface area contributed by atoms with Crippen LogP contribution >= 0.6 is 22.9 Å². The Labute approximate surface area is 116 Å². The van der Waals surface area contributed by atoms with Gasteiger partial charge >= 0.3 is 0 Å². The quantitative estimate of drug-likeness (QED) is 0.922. The first-order valence-electron chi connectivity index (χ1n) is 6.50. The van der Waals surface area contributed by atoms with Crippen molar-refractivity contribution in [2.45, 2.75) is 25.3 Å². The molecule has 1 aromatic heterocycles. The van der Waals surface area contributed by atoms with Crippen LogP contribution in [0.1, 0.15) is 28.9 Å². The fourth-order valence-corrected chi connectivity index (χ4v) is 3.52. The molecule has 1 saturated carbocycles. The van der Waals surface area contributed by atoms with Crippen LogP contribution in [0, 0.1) is 5.92 Å². The molecule has 1 aliphatic carbocycles. The number of carbonyl (C=O) groups is 1. The fraction of sp³-hybridized carbons (Fsp3) is 0.615. The van der Waals surface area contributed by atoms with Crippen molar-refractivity contribution in [2.24, 2.45) is 5.92 Å². The summed E-state index contributed by atoms with van der Waals surface area (Å²) in [6, 6.07) is 4.40. The number of rotatable bonds is 4. The molecule has 0 aromatic carbocycles. The molecule has 1 aliphatic heterocycles. The zero-order chi connectivity index (χ0) is 12.5. The Morgan fingerprint density at radius 1 is 1.44 bits per heavy atom. The summed E-state index contributed by atoms with van der Waals surface area (Å²) < 4.78 is 0.668. The summed E-state index contributed by atoms with van der Waals surface area (Å²) in [4.78, 5) is 15.1. The molecule has 98 valence electrons. The average Bonchev–Trinajstić information content (AvgIpc) is 2.95. The van der Waals surface area contributed by atoms with Crippen molar-refractivity contribution in [3.8, 4) is 0 Å². The van der Waals surface area contributed by atoms with Crippen molar-refractivity contribution >= 4 is 28.8 Å². The Morgan fingerprint density at radius 3 is 2.94 bits per heavy atom. The van der Waals surface area contributed by atoms with E-state index in [2.05, 4.69) is 10.2 Å². The predicted molar refractivity (Wildman–Crippen MR) is 74.4 cm³/mol. The van der Waals surface area contributed by atoms with Gasteiger partial charge in [0.1, 0.15) is 0 Å². The summed E-state index contributed by atoms with van der Waals surface area (Å²) in [6.07, 6.45) is 3.95. The second kappa shape index (κ2) is 5.19. The fourth-order valence-electron chi connectivity index (χ4n) is 2.56. The molecule has 18 heavy (non-hydrogen) atoms. The Hall–Kier alpha value is -0.580. The van der Waals surface area contributed by atoms with Crippen LogP contribution in [0.5, 0.6) is 0 Å². The van der Waals surface area contributed by atoms with Crippen molar-refractivity contribution < 1.29 is 4.79 Å². The molecule has 0 bridgehead atoms. The van der Waals surface area contributed by atoms with E-state index >= 15 is 0 Å². The Kier molecular flexibility index (Phi) is 3.59. The molecule has 3 rings (SSSR count). The minimum Gasteiger partial charge on any atom is -0.351 e. The number of likely N-dealkylation sites (tertiary alicyclic amines) is 1. The summed E-state index contributed by atoms with van der Waals surface area (Å²) in [5.41, 5.74) is 0. The first-order valence-corrected chi connectivity index (χ1v) is 7.69. The third-order valence-electron chi connectivity index (χ3n) is 3.73. The Balaban J connectivity index is 1.45. The highest BCUT2D eigenvalue weighted by atomic mass is 35.5. The van der Waals surface area contributed by atoms with Crippen molar-refractivity contribution in [1.29, 1.82) is 0 Å². The molecule has 3 nitrogen and oxygen atoms in total. The highest BCUT2D eigenvalue weighted by Crippen LogP contribution is 2.31. The first kappa shape index (κ1) is 12.5. The van der Waals surface area contributed by atoms with Gasteiger partial charge in [-0.1, -0.05) is 11.6 Å². The van der Waals surface area contributed by atoms with E-state index in [-0.39, 0.29) is 5.91 Å². The van der Waals surface area contributed by atoms with E-state index in [1.165, 1.54) is 37.1 Å². The zero-order valence-corrected chi connectivity index (χ0v) is 11.8. The van der Waals surface area contributed by atoms with Crippen LogP contribution in [0.4, 0.5) is 0 Å². The lowest BCUT2D eigenvalue weighted by atomic mass is 10.1. The minimum atomic E-state index is 0.0109. The number of amides is 1. The molecule has 1 atom stereocenters. The normalized spacial score (nSPS) is 24.4. The van der Waals surface area contributed by atoms with E-state index in [9.17, 15) is 4.79 Å². The van der Waals surface area contributed by atoms with Crippen molar-refractivity contribution in [1.82, 2.24) is 10.2 Å². The van der Waals surface area contributed by atoms with Gasteiger partial charge < -0.3 is 10.2 Å². The van der Waals surface area contributed by atoms with E-state index in [4.69, 9.17) is 11.6 Å². The molecule has 5 heteroatoms. The van der Waals surface area contributed by atoms with Gasteiger partial charge in [-0.3, -0.25) is 4.79 Å². The van der Waals surface area contributed by atoms with E-state index in [1.807, 2.05) is 0 Å². The molecule has 1 N–H and O–H groups in total. The third kappa shape index (κ3) is 2.87. The molecule has 1 amide bonds. The van der Waals surface area contributed by atoms with E-state index in [0.717, 1.165) is 19.1 Å². The van der Waals surface area contributed by atoms with Gasteiger partial charge in [-0.15, -0.1) is 11.3 Å². The molecule has 2 fully saturated rings. The number of nitrogens with one attached hydrogen (secondary N) is 1. The minimum absolute atomic E-state index is 0.0109. The number of halogens is 1. The van der Waals surface area contributed by atoms with Crippen LogP contribution in [0.2, 0.25) is 4.34 Å². The van der Waals surface area contributed by atoms with E-state index < -0.39 is 0 Å². The molecule has 1 saturated heterocycles. The molecule has 0 radical (unpaired) electrons. The van der Waals surface area contributed by atoms with Gasteiger partial charge in [0.15, 0.2) is 0 Å². The van der Waals surface area contributed by atoms with Crippen molar-refractivity contribution in [3.05, 3.63) is 21.3 Å². The second-order valence-electron chi connectivity index (χ2n) is 5.19. The summed E-state index contributed by atoms with van der Waals surface area (Å²) in [5, 5.41) is 3.02. The van der Waals surface area contributed by atoms with E-state index in [1.54, 1.807) is 12.1 Å². The lowest BCUT2D eigenvalue weighted by Gasteiger charge is -2.14. The molecular formula is C13H17ClN2OS. The molecule has 2 aliphatic rings. The van der Waals surface area contributed by atoms with Crippen LogP contribution in [0.15, 0.2) is 12.1 Å². The topological polar surface area (TPSA) is 32.3 Å². The lowest BCUT2D eigenvalue weighted by Crippen LogP contribution is -2.31. The highest BCUT2D eigenvalue weighted by Gasteiger charge is 2.34. The SMILES string of the molecule is O=C(NC[C@@H]1CCN(C2CC2)C1)c1ccc(Cl)s1. The largest absolute Gasteiger partial charge is 0.351 e. The third-order valence-corrected chi connectivity index (χ3v) is 4.96. The van der Waals surface area contributed by atoms with Crippen LogP contribution in [-0.4, -0.2) is 36.5 Å². The van der Waals surface area contributed by atoms with Gasteiger partial charge in [-0.05, 0) is 43.9 Å². The van der Waals surface area contributed by atoms with Crippen LogP contribution in [0.3, 0.4) is 0 Å². The lowest BCUT2D eigenvalue weighted by molar-refractivity contribution is 0.0951. The first-order chi connectivity index (χ1) is 8.72. The van der Waals surface area contributed by atoms with Gasteiger partial charge in [0.2, 0.25) is 0 Å². The monoisotopic (exact) mass is 284 g/mol. The van der Waals surface area contributed by atoms with Crippen molar-refractivity contribution in [3.63, 3.8) is 0 Å². The molecule has 0 spiro atoms. The van der Waals surface area contributed by atoms with Gasteiger partial charge in [0.05, 0.1) is 9.21 Å². The maximum Gasteiger partial charge on any atom is 0.261 e. The van der Waals surface area contributed by atoms with Crippen LogP contribution < -0.4 is 5.32 Å². The Morgan fingerprint density at radius 2 is 2.28 bits per heavy atom. The molecular weight excluding hydrogens is 268 g/mol. The highest BCUT2D eigenvalue weighted by molar-refractivity contribution is 7.17. The number of carbonyl (C=O) groups excluding carboxylic acids is 1. The summed E-state index contributed by atoms with van der Waals surface area (Å²) in [7, 11) is 0. The van der Waals surface area contributed by atoms with Crippen LogP contribution in [-0.2, 0) is 0 Å². The predicted octanol–water partition coefficient (Wildman–Crippen LogP) is 2.62. The zero-order valence-electron chi connectivity index (χ0n) is 10.2.